The molecule has 1 nitrogen and oxygen atoms in total. The molecule has 0 aromatic heterocycles. The summed E-state index contributed by atoms with van der Waals surface area (Å²) >= 11 is 0. The number of para-hydroxylation sites is 1. The van der Waals surface area contributed by atoms with Gasteiger partial charge in [0.25, 0.3) is 0 Å². The van der Waals surface area contributed by atoms with Crippen molar-refractivity contribution in [2.75, 3.05) is 0 Å². The molecule has 2 heterocycles. The first-order chi connectivity index (χ1) is 9.79. The van der Waals surface area contributed by atoms with Gasteiger partial charge in [0.2, 0.25) is 0 Å². The first kappa shape index (κ1) is 14.0. The van der Waals surface area contributed by atoms with Crippen molar-refractivity contribution in [1.29, 1.82) is 0 Å². The Morgan fingerprint density at radius 3 is 2.30 bits per heavy atom. The molecule has 0 radical (unpaired) electrons. The van der Waals surface area contributed by atoms with E-state index in [9.17, 15) is 0 Å². The third-order valence-corrected chi connectivity index (χ3v) is 5.55. The maximum absolute atomic E-state index is 6.58. The van der Waals surface area contributed by atoms with E-state index < -0.39 is 0 Å². The van der Waals surface area contributed by atoms with Crippen LogP contribution in [0.4, 0.5) is 0 Å². The largest absolute Gasteiger partial charge is 0.560 e. The average Bonchev–Trinajstić information content (AvgIpc) is 2.47. The van der Waals surface area contributed by atoms with Crippen molar-refractivity contribution in [1.82, 2.24) is 0 Å². The second-order valence-corrected chi connectivity index (χ2v) is 6.81. The van der Waals surface area contributed by atoms with Crippen LogP contribution in [0.25, 0.3) is 0 Å². The van der Waals surface area contributed by atoms with E-state index in [2.05, 4.69) is 38.1 Å². The average molecular weight is 270 g/mol. The molecule has 0 N–H and O–H groups in total. The summed E-state index contributed by atoms with van der Waals surface area (Å²) in [5, 5.41) is 0. The van der Waals surface area contributed by atoms with Crippen LogP contribution in [0, 0.1) is 0 Å². The molecule has 2 fully saturated rings. The highest BCUT2D eigenvalue weighted by atomic mass is 16.4. The Balaban J connectivity index is 1.80. The minimum atomic E-state index is 0.489. The lowest BCUT2D eigenvalue weighted by Crippen LogP contribution is -2.39. The fourth-order valence-electron chi connectivity index (χ4n) is 4.17. The summed E-state index contributed by atoms with van der Waals surface area (Å²) in [5.41, 5.74) is 1.40. The molecule has 0 amide bonds. The van der Waals surface area contributed by atoms with Crippen molar-refractivity contribution in [2.24, 2.45) is 0 Å². The molecule has 2 bridgehead atoms. The molecule has 1 unspecified atom stereocenters. The van der Waals surface area contributed by atoms with E-state index in [1.165, 1.54) is 50.5 Å². The summed E-state index contributed by atoms with van der Waals surface area (Å²) in [5.74, 6) is 3.38. The van der Waals surface area contributed by atoms with Crippen molar-refractivity contribution in [3.8, 4) is 5.75 Å². The molecule has 108 valence electrons. The molecular formula is C18H27BO. The standard InChI is InChI=1S/C18H27BO/c1-3-14(2)17-12-4-5-13-18(17)20-19-15-8-6-9-16(19)11-7-10-15/h4-5,12-16H,3,6-11H2,1-2H3. The normalized spacial score (nSPS) is 27.2. The fraction of sp³-hybridized carbons (Fsp3) is 0.667. The minimum absolute atomic E-state index is 0.489. The van der Waals surface area contributed by atoms with Gasteiger partial charge in [-0.15, -0.1) is 0 Å². The van der Waals surface area contributed by atoms with Gasteiger partial charge < -0.3 is 4.65 Å². The smallest absolute Gasteiger partial charge is 0.364 e. The predicted molar refractivity (Wildman–Crippen MR) is 86.7 cm³/mol. The summed E-state index contributed by atoms with van der Waals surface area (Å²) < 4.78 is 6.58. The van der Waals surface area contributed by atoms with Gasteiger partial charge in [-0.05, 0) is 35.6 Å². The Hall–Kier alpha value is -0.915. The Morgan fingerprint density at radius 1 is 1.10 bits per heavy atom. The predicted octanol–water partition coefficient (Wildman–Crippen LogP) is 5.68. The van der Waals surface area contributed by atoms with Gasteiger partial charge in [-0.2, -0.15) is 0 Å². The zero-order valence-electron chi connectivity index (χ0n) is 13.0. The van der Waals surface area contributed by atoms with Crippen molar-refractivity contribution in [3.05, 3.63) is 29.8 Å². The molecule has 0 aliphatic carbocycles. The number of hydrogen-bond acceptors (Lipinski definition) is 1. The maximum Gasteiger partial charge on any atom is 0.364 e. The lowest BCUT2D eigenvalue weighted by atomic mass is 9.38. The van der Waals surface area contributed by atoms with Crippen LogP contribution < -0.4 is 4.65 Å². The first-order valence-corrected chi connectivity index (χ1v) is 8.55. The number of fused-ring (bicyclic) bond motifs is 2. The van der Waals surface area contributed by atoms with Gasteiger partial charge in [0.1, 0.15) is 5.75 Å². The molecule has 1 atom stereocenters. The third-order valence-electron chi connectivity index (χ3n) is 5.55. The Kier molecular flexibility index (Phi) is 4.38. The van der Waals surface area contributed by atoms with Crippen molar-refractivity contribution >= 4 is 6.92 Å². The SMILES string of the molecule is CCC(C)c1ccccc1OB1C2CCCC1CCC2. The Morgan fingerprint density at radius 2 is 1.70 bits per heavy atom. The molecule has 1 aromatic carbocycles. The highest BCUT2D eigenvalue weighted by molar-refractivity contribution is 6.56. The van der Waals surface area contributed by atoms with Crippen molar-refractivity contribution < 1.29 is 4.65 Å². The Bertz CT molecular complexity index is 423. The van der Waals surface area contributed by atoms with E-state index in [0.717, 1.165) is 17.4 Å². The van der Waals surface area contributed by atoms with Gasteiger partial charge in [0, 0.05) is 0 Å². The van der Waals surface area contributed by atoms with Gasteiger partial charge in [0.15, 0.2) is 0 Å². The topological polar surface area (TPSA) is 9.23 Å². The van der Waals surface area contributed by atoms with E-state index in [4.69, 9.17) is 4.65 Å². The highest BCUT2D eigenvalue weighted by Crippen LogP contribution is 2.47. The monoisotopic (exact) mass is 270 g/mol. The fourth-order valence-corrected chi connectivity index (χ4v) is 4.17. The van der Waals surface area contributed by atoms with Crippen LogP contribution in [-0.2, 0) is 0 Å². The van der Waals surface area contributed by atoms with Crippen LogP contribution in [0.2, 0.25) is 11.6 Å². The lowest BCUT2D eigenvalue weighted by Gasteiger charge is -2.39. The molecule has 0 spiro atoms. The maximum atomic E-state index is 6.58. The molecule has 2 aliphatic rings. The third kappa shape index (κ3) is 2.75. The first-order valence-electron chi connectivity index (χ1n) is 8.55. The van der Waals surface area contributed by atoms with Gasteiger partial charge >= 0.3 is 6.92 Å². The second-order valence-electron chi connectivity index (χ2n) is 6.81. The summed E-state index contributed by atoms with van der Waals surface area (Å²) in [6, 6.07) is 8.71. The van der Waals surface area contributed by atoms with E-state index in [0.29, 0.717) is 12.8 Å². The molecule has 2 saturated heterocycles. The number of benzene rings is 1. The van der Waals surface area contributed by atoms with Gasteiger partial charge in [-0.3, -0.25) is 0 Å². The summed E-state index contributed by atoms with van der Waals surface area (Å²) in [7, 11) is 0. The summed E-state index contributed by atoms with van der Waals surface area (Å²) in [4.78, 5) is 0. The molecule has 2 aliphatic heterocycles. The van der Waals surface area contributed by atoms with Crippen molar-refractivity contribution in [2.45, 2.75) is 76.3 Å². The Labute approximate surface area is 124 Å². The van der Waals surface area contributed by atoms with Gasteiger partial charge in [-0.25, -0.2) is 0 Å². The number of rotatable bonds is 4. The second kappa shape index (κ2) is 6.24. The molecular weight excluding hydrogens is 243 g/mol. The van der Waals surface area contributed by atoms with Crippen LogP contribution in [0.1, 0.15) is 70.3 Å². The minimum Gasteiger partial charge on any atom is -0.560 e. The van der Waals surface area contributed by atoms with Crippen LogP contribution in [0.15, 0.2) is 24.3 Å². The van der Waals surface area contributed by atoms with E-state index in [1.54, 1.807) is 0 Å². The summed E-state index contributed by atoms with van der Waals surface area (Å²) in [6.45, 7) is 5.06. The van der Waals surface area contributed by atoms with Crippen LogP contribution >= 0.6 is 0 Å². The number of hydrogen-bond donors (Lipinski definition) is 0. The van der Waals surface area contributed by atoms with Gasteiger partial charge in [-0.1, -0.05) is 70.6 Å². The van der Waals surface area contributed by atoms with Crippen molar-refractivity contribution in [3.63, 3.8) is 0 Å². The lowest BCUT2D eigenvalue weighted by molar-refractivity contribution is 0.379. The zero-order valence-corrected chi connectivity index (χ0v) is 13.0. The van der Waals surface area contributed by atoms with Gasteiger partial charge in [0.05, 0.1) is 0 Å². The zero-order chi connectivity index (χ0) is 13.9. The molecule has 2 heteroatoms. The van der Waals surface area contributed by atoms with E-state index >= 15 is 0 Å². The quantitative estimate of drug-likeness (QED) is 0.639. The molecule has 0 saturated carbocycles. The van der Waals surface area contributed by atoms with E-state index in [-0.39, 0.29) is 0 Å². The molecule has 20 heavy (non-hydrogen) atoms. The van der Waals surface area contributed by atoms with Crippen LogP contribution in [0.5, 0.6) is 5.75 Å². The summed E-state index contributed by atoms with van der Waals surface area (Å²) in [6.07, 6.45) is 9.54. The molecule has 1 aromatic rings. The van der Waals surface area contributed by atoms with E-state index in [1.807, 2.05) is 0 Å². The van der Waals surface area contributed by atoms with Crippen LogP contribution in [-0.4, -0.2) is 6.92 Å². The molecule has 3 rings (SSSR count). The highest BCUT2D eigenvalue weighted by Gasteiger charge is 2.42. The van der Waals surface area contributed by atoms with Crippen LogP contribution in [0.3, 0.4) is 0 Å².